The summed E-state index contributed by atoms with van der Waals surface area (Å²) in [5, 5.41) is 5.73. The predicted octanol–water partition coefficient (Wildman–Crippen LogP) is 0.797. The van der Waals surface area contributed by atoms with Crippen LogP contribution in [-0.4, -0.2) is 52.4 Å². The van der Waals surface area contributed by atoms with E-state index in [4.69, 9.17) is 0 Å². The van der Waals surface area contributed by atoms with Crippen molar-refractivity contribution in [2.45, 2.75) is 51.1 Å². The molecule has 1 atom stereocenters. The standard InChI is InChI=1S/C17H27N5O2/c23-16(21-11-15-18-6-7-19-15)10-14-17(24)20-8-9-22(14)12-13-4-2-1-3-5-13/h6-7,13-14H,1-5,8-12H2,(H,18,19)(H,20,24)(H,21,23)/t14-/m0/s1. The van der Waals surface area contributed by atoms with Crippen molar-refractivity contribution in [3.8, 4) is 0 Å². The Morgan fingerprint density at radius 3 is 2.92 bits per heavy atom. The number of hydrogen-bond acceptors (Lipinski definition) is 4. The highest BCUT2D eigenvalue weighted by Crippen LogP contribution is 2.25. The Morgan fingerprint density at radius 1 is 1.33 bits per heavy atom. The second kappa shape index (κ2) is 8.28. The van der Waals surface area contributed by atoms with Crippen molar-refractivity contribution in [3.63, 3.8) is 0 Å². The average molecular weight is 333 g/mol. The summed E-state index contributed by atoms with van der Waals surface area (Å²) < 4.78 is 0. The van der Waals surface area contributed by atoms with Gasteiger partial charge in [0, 0.05) is 32.0 Å². The molecule has 1 aliphatic carbocycles. The van der Waals surface area contributed by atoms with Gasteiger partial charge in [-0.15, -0.1) is 0 Å². The van der Waals surface area contributed by atoms with E-state index in [9.17, 15) is 9.59 Å². The molecule has 0 spiro atoms. The molecule has 0 aromatic carbocycles. The fourth-order valence-electron chi connectivity index (χ4n) is 3.73. The summed E-state index contributed by atoms with van der Waals surface area (Å²) in [7, 11) is 0. The van der Waals surface area contributed by atoms with Crippen LogP contribution in [-0.2, 0) is 16.1 Å². The van der Waals surface area contributed by atoms with Crippen LogP contribution in [0.15, 0.2) is 12.4 Å². The lowest BCUT2D eigenvalue weighted by Crippen LogP contribution is -2.57. The minimum absolute atomic E-state index is 0.0230. The molecule has 3 rings (SSSR count). The second-order valence-corrected chi connectivity index (χ2v) is 6.82. The van der Waals surface area contributed by atoms with Crippen molar-refractivity contribution < 1.29 is 9.59 Å². The van der Waals surface area contributed by atoms with Crippen LogP contribution >= 0.6 is 0 Å². The number of aromatic nitrogens is 2. The number of imidazole rings is 1. The van der Waals surface area contributed by atoms with Gasteiger partial charge in [0.2, 0.25) is 11.8 Å². The Bertz CT molecular complexity index is 539. The highest BCUT2D eigenvalue weighted by molar-refractivity contribution is 5.88. The van der Waals surface area contributed by atoms with Crippen LogP contribution in [0.3, 0.4) is 0 Å². The molecular formula is C17H27N5O2. The fraction of sp³-hybridized carbons (Fsp3) is 0.706. The topological polar surface area (TPSA) is 90.1 Å². The molecule has 0 radical (unpaired) electrons. The maximum atomic E-state index is 12.3. The van der Waals surface area contributed by atoms with E-state index in [0.29, 0.717) is 19.0 Å². The Kier molecular flexibility index (Phi) is 5.85. The van der Waals surface area contributed by atoms with Crippen LogP contribution in [0.25, 0.3) is 0 Å². The number of carbonyl (C=O) groups excluding carboxylic acids is 2. The molecule has 1 aromatic rings. The molecule has 7 heteroatoms. The van der Waals surface area contributed by atoms with Crippen molar-refractivity contribution in [2.75, 3.05) is 19.6 Å². The van der Waals surface area contributed by atoms with Gasteiger partial charge < -0.3 is 15.6 Å². The normalized spacial score (nSPS) is 23.0. The van der Waals surface area contributed by atoms with Gasteiger partial charge in [0.25, 0.3) is 0 Å². The fourth-order valence-corrected chi connectivity index (χ4v) is 3.73. The largest absolute Gasteiger partial charge is 0.353 e. The predicted molar refractivity (Wildman–Crippen MR) is 90.0 cm³/mol. The molecule has 1 saturated carbocycles. The van der Waals surface area contributed by atoms with E-state index in [1.807, 2.05) is 0 Å². The van der Waals surface area contributed by atoms with Crippen molar-refractivity contribution >= 4 is 11.8 Å². The van der Waals surface area contributed by atoms with Gasteiger partial charge in [0.05, 0.1) is 19.0 Å². The van der Waals surface area contributed by atoms with E-state index in [0.717, 1.165) is 18.9 Å². The van der Waals surface area contributed by atoms with Gasteiger partial charge in [-0.3, -0.25) is 14.5 Å². The van der Waals surface area contributed by atoms with Crippen LogP contribution in [0.4, 0.5) is 0 Å². The summed E-state index contributed by atoms with van der Waals surface area (Å²) in [4.78, 5) is 33.7. The molecule has 2 fully saturated rings. The van der Waals surface area contributed by atoms with E-state index in [2.05, 4.69) is 25.5 Å². The summed E-state index contributed by atoms with van der Waals surface area (Å²) in [6.45, 7) is 2.81. The van der Waals surface area contributed by atoms with Crippen LogP contribution < -0.4 is 10.6 Å². The Labute approximate surface area is 142 Å². The zero-order chi connectivity index (χ0) is 16.8. The first-order valence-electron chi connectivity index (χ1n) is 8.99. The SMILES string of the molecule is O=C(C[C@H]1C(=O)NCCN1CC1CCCCC1)NCc1ncc[nH]1. The molecule has 1 saturated heterocycles. The molecule has 0 unspecified atom stereocenters. The zero-order valence-corrected chi connectivity index (χ0v) is 14.1. The van der Waals surface area contributed by atoms with Crippen molar-refractivity contribution in [1.29, 1.82) is 0 Å². The molecule has 2 aliphatic rings. The minimum atomic E-state index is -0.350. The van der Waals surface area contributed by atoms with Gasteiger partial charge in [-0.1, -0.05) is 19.3 Å². The van der Waals surface area contributed by atoms with Gasteiger partial charge in [0.1, 0.15) is 5.82 Å². The van der Waals surface area contributed by atoms with E-state index in [1.54, 1.807) is 12.4 Å². The number of hydrogen-bond donors (Lipinski definition) is 3. The number of nitrogens with zero attached hydrogens (tertiary/aromatic N) is 2. The first-order chi connectivity index (χ1) is 11.7. The van der Waals surface area contributed by atoms with E-state index < -0.39 is 0 Å². The second-order valence-electron chi connectivity index (χ2n) is 6.82. The number of amides is 2. The van der Waals surface area contributed by atoms with Crippen molar-refractivity contribution in [2.24, 2.45) is 5.92 Å². The smallest absolute Gasteiger partial charge is 0.237 e. The Morgan fingerprint density at radius 2 is 2.17 bits per heavy atom. The first-order valence-corrected chi connectivity index (χ1v) is 8.99. The molecular weight excluding hydrogens is 306 g/mol. The molecule has 2 amide bonds. The number of H-pyrrole nitrogens is 1. The van der Waals surface area contributed by atoms with Crippen molar-refractivity contribution in [1.82, 2.24) is 25.5 Å². The number of carbonyl (C=O) groups is 2. The minimum Gasteiger partial charge on any atom is -0.353 e. The zero-order valence-electron chi connectivity index (χ0n) is 14.1. The third-order valence-corrected chi connectivity index (χ3v) is 5.05. The number of nitrogens with one attached hydrogen (secondary N) is 3. The molecule has 132 valence electrons. The highest BCUT2D eigenvalue weighted by atomic mass is 16.2. The molecule has 0 bridgehead atoms. The van der Waals surface area contributed by atoms with Gasteiger partial charge >= 0.3 is 0 Å². The van der Waals surface area contributed by atoms with Crippen LogP contribution in [0.5, 0.6) is 0 Å². The van der Waals surface area contributed by atoms with Gasteiger partial charge in [-0.2, -0.15) is 0 Å². The van der Waals surface area contributed by atoms with E-state index in [-0.39, 0.29) is 24.3 Å². The quantitative estimate of drug-likeness (QED) is 0.718. The Balaban J connectivity index is 1.52. The van der Waals surface area contributed by atoms with E-state index in [1.165, 1.54) is 32.1 Å². The lowest BCUT2D eigenvalue weighted by atomic mass is 9.88. The Hall–Kier alpha value is -1.89. The van der Waals surface area contributed by atoms with Crippen molar-refractivity contribution in [3.05, 3.63) is 18.2 Å². The molecule has 1 aliphatic heterocycles. The van der Waals surface area contributed by atoms with Gasteiger partial charge in [-0.25, -0.2) is 4.98 Å². The van der Waals surface area contributed by atoms with Gasteiger partial charge in [0.15, 0.2) is 0 Å². The van der Waals surface area contributed by atoms with E-state index >= 15 is 0 Å². The molecule has 24 heavy (non-hydrogen) atoms. The summed E-state index contributed by atoms with van der Waals surface area (Å²) in [5.74, 6) is 1.25. The average Bonchev–Trinajstić information content (AvgIpc) is 3.11. The molecule has 2 heterocycles. The monoisotopic (exact) mass is 333 g/mol. The molecule has 1 aromatic heterocycles. The summed E-state index contributed by atoms with van der Waals surface area (Å²) in [6.07, 6.45) is 9.99. The first kappa shape index (κ1) is 17.0. The summed E-state index contributed by atoms with van der Waals surface area (Å²) in [5.41, 5.74) is 0. The number of rotatable bonds is 6. The summed E-state index contributed by atoms with van der Waals surface area (Å²) in [6, 6.07) is -0.350. The van der Waals surface area contributed by atoms with Crippen LogP contribution in [0, 0.1) is 5.92 Å². The lowest BCUT2D eigenvalue weighted by Gasteiger charge is -2.37. The molecule has 3 N–H and O–H groups in total. The maximum absolute atomic E-state index is 12.3. The molecule has 7 nitrogen and oxygen atoms in total. The third-order valence-electron chi connectivity index (χ3n) is 5.05. The summed E-state index contributed by atoms with van der Waals surface area (Å²) >= 11 is 0. The van der Waals surface area contributed by atoms with Gasteiger partial charge in [-0.05, 0) is 18.8 Å². The number of aromatic amines is 1. The third kappa shape index (κ3) is 4.56. The lowest BCUT2D eigenvalue weighted by molar-refractivity contribution is -0.134. The maximum Gasteiger partial charge on any atom is 0.237 e. The number of piperazine rings is 1. The van der Waals surface area contributed by atoms with Crippen LogP contribution in [0.2, 0.25) is 0 Å². The van der Waals surface area contributed by atoms with Crippen LogP contribution in [0.1, 0.15) is 44.3 Å². The highest BCUT2D eigenvalue weighted by Gasteiger charge is 2.33.